The summed E-state index contributed by atoms with van der Waals surface area (Å²) in [5, 5.41) is 0. The van der Waals surface area contributed by atoms with Crippen LogP contribution in [0.1, 0.15) is 10.4 Å². The lowest BCUT2D eigenvalue weighted by Crippen LogP contribution is -1.98. The molecule has 2 heteroatoms. The van der Waals surface area contributed by atoms with Crippen molar-refractivity contribution < 1.29 is 9.53 Å². The minimum absolute atomic E-state index is 0.0793. The summed E-state index contributed by atoms with van der Waals surface area (Å²) in [6.45, 7) is 6.21. The molecule has 0 unspecified atom stereocenters. The van der Waals surface area contributed by atoms with Gasteiger partial charge >= 0.3 is 0 Å². The van der Waals surface area contributed by atoms with Crippen LogP contribution in [0.4, 0.5) is 0 Å². The summed E-state index contributed by atoms with van der Waals surface area (Å²) in [5.74, 6) is 0.795. The first-order valence-electron chi connectivity index (χ1n) is 3.63. The molecule has 0 aromatic heterocycles. The van der Waals surface area contributed by atoms with Crippen molar-refractivity contribution in [2.24, 2.45) is 0 Å². The molecule has 1 aliphatic heterocycles. The maximum Gasteiger partial charge on any atom is 0.203 e. The van der Waals surface area contributed by atoms with Crippen LogP contribution in [-0.2, 0) is 0 Å². The fourth-order valence-electron chi connectivity index (χ4n) is 1.04. The summed E-state index contributed by atoms with van der Waals surface area (Å²) < 4.78 is 5.06. The van der Waals surface area contributed by atoms with Gasteiger partial charge in [0, 0.05) is 0 Å². The first-order valence-corrected chi connectivity index (χ1v) is 3.63. The van der Waals surface area contributed by atoms with Crippen molar-refractivity contribution in [2.75, 3.05) is 6.61 Å². The molecule has 0 N–H and O–H groups in total. The van der Waals surface area contributed by atoms with Gasteiger partial charge < -0.3 is 4.74 Å². The Kier molecular flexibility index (Phi) is 2.64. The van der Waals surface area contributed by atoms with Gasteiger partial charge in [-0.15, -0.1) is 13.2 Å². The van der Waals surface area contributed by atoms with Gasteiger partial charge in [0.15, 0.2) is 6.61 Å². The zero-order valence-corrected chi connectivity index (χ0v) is 6.75. The summed E-state index contributed by atoms with van der Waals surface area (Å²) in [6.07, 6.45) is 0. The van der Waals surface area contributed by atoms with Crippen molar-refractivity contribution in [1.82, 2.24) is 0 Å². The molecule has 1 aliphatic rings. The van der Waals surface area contributed by atoms with E-state index in [2.05, 4.69) is 13.2 Å². The summed E-state index contributed by atoms with van der Waals surface area (Å²) in [5.41, 5.74) is 0.711. The van der Waals surface area contributed by atoms with E-state index in [0.717, 1.165) is 0 Å². The number of hydrogen-bond donors (Lipinski definition) is 0. The Morgan fingerprint density at radius 3 is 2.58 bits per heavy atom. The second-order valence-electron chi connectivity index (χ2n) is 2.21. The second kappa shape index (κ2) is 3.72. The van der Waals surface area contributed by atoms with Gasteiger partial charge in [-0.3, -0.25) is 4.79 Å². The normalized spacial score (nSPS) is 12.5. The topological polar surface area (TPSA) is 26.3 Å². The smallest absolute Gasteiger partial charge is 0.203 e. The highest BCUT2D eigenvalue weighted by Gasteiger charge is 2.18. The van der Waals surface area contributed by atoms with E-state index in [1.807, 2.05) is 12.1 Å². The average Bonchev–Trinajstić information content (AvgIpc) is 2.53. The Hall–Kier alpha value is -1.57. The molecule has 0 bridgehead atoms. The summed E-state index contributed by atoms with van der Waals surface area (Å²) in [7, 11) is 0. The number of carbonyl (C=O) groups excluding carboxylic acids is 1. The number of ether oxygens (including phenoxy) is 1. The van der Waals surface area contributed by atoms with Gasteiger partial charge in [0.05, 0.1) is 5.56 Å². The molecule has 0 saturated heterocycles. The highest BCUT2D eigenvalue weighted by atomic mass is 16.5. The predicted molar refractivity (Wildman–Crippen MR) is 47.5 cm³/mol. The van der Waals surface area contributed by atoms with Gasteiger partial charge in [-0.05, 0) is 12.1 Å². The third kappa shape index (κ3) is 1.37. The Labute approximate surface area is 71.5 Å². The number of hydrogen-bond acceptors (Lipinski definition) is 2. The summed E-state index contributed by atoms with van der Waals surface area (Å²) in [4.78, 5) is 10.9. The number of rotatable bonds is 0. The molecule has 0 amide bonds. The fourth-order valence-corrected chi connectivity index (χ4v) is 1.04. The van der Waals surface area contributed by atoms with Gasteiger partial charge in [0.25, 0.3) is 0 Å². The van der Waals surface area contributed by atoms with E-state index in [1.165, 1.54) is 0 Å². The van der Waals surface area contributed by atoms with E-state index in [9.17, 15) is 4.79 Å². The number of para-hydroxylation sites is 1. The highest BCUT2D eigenvalue weighted by molar-refractivity contribution is 6.02. The first kappa shape index (κ1) is 8.53. The molecule has 1 aromatic rings. The Morgan fingerprint density at radius 2 is 1.92 bits per heavy atom. The highest BCUT2D eigenvalue weighted by Crippen LogP contribution is 2.23. The Balaban J connectivity index is 0.000000336. The molecule has 62 valence electrons. The fraction of sp³-hybridized carbons (Fsp3) is 0.100. The van der Waals surface area contributed by atoms with Crippen LogP contribution >= 0.6 is 0 Å². The van der Waals surface area contributed by atoms with E-state index in [0.29, 0.717) is 11.3 Å². The van der Waals surface area contributed by atoms with E-state index in [-0.39, 0.29) is 12.4 Å². The number of carbonyl (C=O) groups is 1. The van der Waals surface area contributed by atoms with Crippen LogP contribution in [0, 0.1) is 0 Å². The minimum Gasteiger partial charge on any atom is -0.485 e. The average molecular weight is 162 g/mol. The molecule has 0 spiro atoms. The quantitative estimate of drug-likeness (QED) is 0.546. The molecule has 1 heterocycles. The van der Waals surface area contributed by atoms with Crippen molar-refractivity contribution in [3.8, 4) is 5.75 Å². The van der Waals surface area contributed by atoms with Crippen molar-refractivity contribution >= 4 is 5.78 Å². The monoisotopic (exact) mass is 162 g/mol. The van der Waals surface area contributed by atoms with Crippen LogP contribution in [0.25, 0.3) is 0 Å². The standard InChI is InChI=1S/C8H6O2.C2H4/c9-7-5-10-8-4-2-1-3-6(7)8;1-2/h1-4H,5H2;1-2H2. The molecule has 12 heavy (non-hydrogen) atoms. The number of Topliss-reactive ketones (excluding diaryl/α,β-unsaturated/α-hetero) is 1. The number of ketones is 1. The number of fused-ring (bicyclic) bond motifs is 1. The third-order valence-electron chi connectivity index (χ3n) is 1.55. The third-order valence-corrected chi connectivity index (χ3v) is 1.55. The van der Waals surface area contributed by atoms with Crippen molar-refractivity contribution in [1.29, 1.82) is 0 Å². The largest absolute Gasteiger partial charge is 0.485 e. The van der Waals surface area contributed by atoms with Crippen LogP contribution < -0.4 is 4.74 Å². The Morgan fingerprint density at radius 1 is 1.25 bits per heavy atom. The zero-order valence-electron chi connectivity index (χ0n) is 6.75. The molecule has 2 nitrogen and oxygen atoms in total. The zero-order chi connectivity index (χ0) is 8.97. The second-order valence-corrected chi connectivity index (χ2v) is 2.21. The predicted octanol–water partition coefficient (Wildman–Crippen LogP) is 2.06. The van der Waals surface area contributed by atoms with Gasteiger partial charge in [-0.1, -0.05) is 12.1 Å². The lowest BCUT2D eigenvalue weighted by atomic mass is 10.2. The van der Waals surface area contributed by atoms with Gasteiger partial charge in [0.2, 0.25) is 5.78 Å². The SMILES string of the molecule is C=C.O=C1COc2ccccc21. The van der Waals surface area contributed by atoms with Crippen LogP contribution in [-0.4, -0.2) is 12.4 Å². The molecule has 0 radical (unpaired) electrons. The maximum atomic E-state index is 10.9. The van der Waals surface area contributed by atoms with Crippen LogP contribution in [0.5, 0.6) is 5.75 Å². The lowest BCUT2D eigenvalue weighted by Gasteiger charge is -1.92. The molecule has 1 aromatic carbocycles. The minimum atomic E-state index is 0.0793. The van der Waals surface area contributed by atoms with Crippen LogP contribution in [0.3, 0.4) is 0 Å². The molecule has 0 saturated carbocycles. The molecular weight excluding hydrogens is 152 g/mol. The number of benzene rings is 1. The van der Waals surface area contributed by atoms with Crippen molar-refractivity contribution in [2.45, 2.75) is 0 Å². The van der Waals surface area contributed by atoms with Crippen molar-refractivity contribution in [3.63, 3.8) is 0 Å². The molecule has 0 fully saturated rings. The van der Waals surface area contributed by atoms with Gasteiger partial charge in [-0.2, -0.15) is 0 Å². The molecule has 0 aliphatic carbocycles. The molecular formula is C10H10O2. The van der Waals surface area contributed by atoms with Gasteiger partial charge in [-0.25, -0.2) is 0 Å². The summed E-state index contributed by atoms with van der Waals surface area (Å²) in [6, 6.07) is 7.29. The van der Waals surface area contributed by atoms with Crippen LogP contribution in [0.15, 0.2) is 37.4 Å². The van der Waals surface area contributed by atoms with E-state index in [4.69, 9.17) is 4.74 Å². The van der Waals surface area contributed by atoms with Gasteiger partial charge in [0.1, 0.15) is 5.75 Å². The van der Waals surface area contributed by atoms with Crippen molar-refractivity contribution in [3.05, 3.63) is 43.0 Å². The summed E-state index contributed by atoms with van der Waals surface area (Å²) >= 11 is 0. The molecule has 0 atom stereocenters. The lowest BCUT2D eigenvalue weighted by molar-refractivity contribution is 0.0961. The van der Waals surface area contributed by atoms with Crippen LogP contribution in [0.2, 0.25) is 0 Å². The first-order chi connectivity index (χ1) is 5.88. The molecule has 2 rings (SSSR count). The van der Waals surface area contributed by atoms with E-state index >= 15 is 0 Å². The van der Waals surface area contributed by atoms with E-state index < -0.39 is 0 Å². The van der Waals surface area contributed by atoms with E-state index in [1.54, 1.807) is 12.1 Å². The Bertz CT molecular complexity index is 292. The maximum absolute atomic E-state index is 10.9.